The minimum Gasteiger partial charge on any atom is -0.497 e. The summed E-state index contributed by atoms with van der Waals surface area (Å²) in [6.45, 7) is 0. The number of hydrogen-bond acceptors (Lipinski definition) is 6. The van der Waals surface area contributed by atoms with Crippen LogP contribution in [0.25, 0.3) is 28.3 Å². The molecule has 2 aromatic heterocycles. The van der Waals surface area contributed by atoms with E-state index in [0.717, 1.165) is 25.4 Å². The summed E-state index contributed by atoms with van der Waals surface area (Å²) in [6.07, 6.45) is -4.06. The third kappa shape index (κ3) is 4.04. The summed E-state index contributed by atoms with van der Waals surface area (Å²) in [5.74, 6) is -1.65. The van der Waals surface area contributed by atoms with Crippen LogP contribution in [0.3, 0.4) is 0 Å². The fraction of sp³-hybridized carbons (Fsp3) is 0.136. The van der Waals surface area contributed by atoms with Gasteiger partial charge < -0.3 is 14.0 Å². The number of benzene rings is 2. The van der Waals surface area contributed by atoms with Crippen molar-refractivity contribution in [3.63, 3.8) is 0 Å². The number of halogens is 4. The Morgan fingerprint density at radius 1 is 1.09 bits per heavy atom. The lowest BCUT2D eigenvalue weighted by Crippen LogP contribution is -2.15. The van der Waals surface area contributed by atoms with Crippen LogP contribution in [0.4, 0.5) is 17.6 Å². The number of hydrogen-bond donors (Lipinski definition) is 0. The first-order valence-corrected chi connectivity index (χ1v) is 9.38. The highest BCUT2D eigenvalue weighted by atomic mass is 19.4. The lowest BCUT2D eigenvalue weighted by Gasteiger charge is -2.12. The maximum Gasteiger partial charge on any atom is 0.434 e. The molecule has 0 saturated heterocycles. The van der Waals surface area contributed by atoms with Crippen molar-refractivity contribution in [3.05, 3.63) is 71.8 Å². The van der Waals surface area contributed by atoms with Crippen LogP contribution in [0.1, 0.15) is 16.1 Å². The fourth-order valence-corrected chi connectivity index (χ4v) is 3.30. The van der Waals surface area contributed by atoms with Crippen molar-refractivity contribution in [1.29, 1.82) is 0 Å². The van der Waals surface area contributed by atoms with Crippen molar-refractivity contribution < 1.29 is 36.4 Å². The Labute approximate surface area is 184 Å². The molecule has 0 fully saturated rings. The van der Waals surface area contributed by atoms with Crippen molar-refractivity contribution in [3.8, 4) is 34.0 Å². The Bertz CT molecular complexity index is 1310. The fourth-order valence-electron chi connectivity index (χ4n) is 3.30. The molecule has 0 radical (unpaired) electrons. The van der Waals surface area contributed by atoms with Gasteiger partial charge in [0.2, 0.25) is 0 Å². The quantitative estimate of drug-likeness (QED) is 0.302. The second-order valence-electron chi connectivity index (χ2n) is 6.75. The van der Waals surface area contributed by atoms with Crippen molar-refractivity contribution in [2.45, 2.75) is 6.18 Å². The van der Waals surface area contributed by atoms with Crippen LogP contribution in [-0.2, 0) is 10.9 Å². The van der Waals surface area contributed by atoms with Crippen molar-refractivity contribution in [2.24, 2.45) is 0 Å². The normalized spacial score (nSPS) is 11.5. The van der Waals surface area contributed by atoms with E-state index < -0.39 is 35.0 Å². The Kier molecular flexibility index (Phi) is 5.62. The van der Waals surface area contributed by atoms with Gasteiger partial charge in [-0.15, -0.1) is 0 Å². The van der Waals surface area contributed by atoms with E-state index >= 15 is 0 Å². The second kappa shape index (κ2) is 8.41. The molecule has 11 heteroatoms. The van der Waals surface area contributed by atoms with E-state index in [0.29, 0.717) is 16.0 Å². The maximum absolute atomic E-state index is 14.1. The van der Waals surface area contributed by atoms with Gasteiger partial charge in [0.25, 0.3) is 0 Å². The first kappa shape index (κ1) is 22.1. The molecule has 0 amide bonds. The van der Waals surface area contributed by atoms with Crippen molar-refractivity contribution >= 4 is 5.97 Å². The number of carbonyl (C=O) groups is 1. The van der Waals surface area contributed by atoms with Crippen molar-refractivity contribution in [2.75, 3.05) is 14.2 Å². The molecule has 0 aliphatic heterocycles. The van der Waals surface area contributed by atoms with Crippen LogP contribution in [-0.4, -0.2) is 35.1 Å². The second-order valence-corrected chi connectivity index (χ2v) is 6.75. The Morgan fingerprint density at radius 2 is 1.82 bits per heavy atom. The van der Waals surface area contributed by atoms with E-state index in [1.165, 1.54) is 19.2 Å². The van der Waals surface area contributed by atoms with Crippen LogP contribution in [0, 0.1) is 5.82 Å². The van der Waals surface area contributed by atoms with E-state index in [4.69, 9.17) is 14.0 Å². The van der Waals surface area contributed by atoms with E-state index in [1.54, 1.807) is 24.3 Å². The molecule has 0 atom stereocenters. The number of aromatic nitrogens is 3. The van der Waals surface area contributed by atoms with Crippen LogP contribution in [0.15, 0.2) is 59.3 Å². The molecule has 0 saturated carbocycles. The smallest absolute Gasteiger partial charge is 0.434 e. The first-order valence-electron chi connectivity index (χ1n) is 9.38. The predicted molar refractivity (Wildman–Crippen MR) is 107 cm³/mol. The maximum atomic E-state index is 14.1. The van der Waals surface area contributed by atoms with Crippen LogP contribution >= 0.6 is 0 Å². The Balaban J connectivity index is 1.94. The summed E-state index contributed by atoms with van der Waals surface area (Å²) >= 11 is 0. The van der Waals surface area contributed by atoms with Gasteiger partial charge in [-0.1, -0.05) is 11.2 Å². The molecule has 0 spiro atoms. The topological polar surface area (TPSA) is 79.4 Å². The zero-order valence-electron chi connectivity index (χ0n) is 17.2. The van der Waals surface area contributed by atoms with Crippen molar-refractivity contribution in [1.82, 2.24) is 14.9 Å². The van der Waals surface area contributed by atoms with E-state index in [2.05, 4.69) is 10.3 Å². The molecule has 0 N–H and O–H groups in total. The average Bonchev–Trinajstić information content (AvgIpc) is 3.43. The highest BCUT2D eigenvalue weighted by Gasteiger charge is 2.42. The van der Waals surface area contributed by atoms with Gasteiger partial charge in [-0.25, -0.2) is 13.9 Å². The number of carbonyl (C=O) groups excluding carboxylic acids is 1. The molecule has 170 valence electrons. The van der Waals surface area contributed by atoms with Gasteiger partial charge in [-0.2, -0.15) is 18.3 Å². The first-order chi connectivity index (χ1) is 15.7. The number of esters is 1. The van der Waals surface area contributed by atoms with Gasteiger partial charge in [-0.3, -0.25) is 0 Å². The van der Waals surface area contributed by atoms with Gasteiger partial charge in [0.1, 0.15) is 22.8 Å². The molecular weight excluding hydrogens is 446 g/mol. The Hall–Kier alpha value is -4.15. The molecule has 0 unspecified atom stereocenters. The summed E-state index contributed by atoms with van der Waals surface area (Å²) < 4.78 is 71.5. The monoisotopic (exact) mass is 461 g/mol. The van der Waals surface area contributed by atoms with Gasteiger partial charge in [0.05, 0.1) is 31.7 Å². The van der Waals surface area contributed by atoms with E-state index in [9.17, 15) is 22.4 Å². The lowest BCUT2D eigenvalue weighted by molar-refractivity contribution is -0.142. The molecule has 2 heterocycles. The summed E-state index contributed by atoms with van der Waals surface area (Å²) in [7, 11) is 2.55. The zero-order chi connectivity index (χ0) is 23.8. The lowest BCUT2D eigenvalue weighted by atomic mass is 10.0. The highest BCUT2D eigenvalue weighted by Crippen LogP contribution is 2.41. The van der Waals surface area contributed by atoms with E-state index in [-0.39, 0.29) is 16.9 Å². The van der Waals surface area contributed by atoms with Gasteiger partial charge in [0, 0.05) is 5.56 Å². The number of rotatable bonds is 5. The molecular formula is C22H15F4N3O4. The molecule has 0 bridgehead atoms. The molecule has 7 nitrogen and oxygen atoms in total. The third-order valence-corrected chi connectivity index (χ3v) is 4.78. The van der Waals surface area contributed by atoms with Crippen LogP contribution in [0.5, 0.6) is 5.75 Å². The number of ether oxygens (including phenoxy) is 2. The number of methoxy groups -OCH3 is 2. The molecule has 4 rings (SSSR count). The van der Waals surface area contributed by atoms with Crippen LogP contribution in [0.2, 0.25) is 0 Å². The third-order valence-electron chi connectivity index (χ3n) is 4.78. The summed E-state index contributed by atoms with van der Waals surface area (Å²) in [4.78, 5) is 12.6. The molecule has 2 aromatic carbocycles. The summed E-state index contributed by atoms with van der Waals surface area (Å²) in [5.41, 5.74) is -1.94. The standard InChI is InChI=1S/C22H15F4N3O4/c1-31-15-8-6-12(7-9-15)18-17(21(30)32-2)19(33-28-18)16-11-27-29(20(16)22(24,25)26)14-5-3-4-13(23)10-14/h3-11H,1-2H3. The SMILES string of the molecule is COC(=O)c1c(-c2ccc(OC)cc2)noc1-c1cnn(-c2cccc(F)c2)c1C(F)(F)F. The average molecular weight is 461 g/mol. The summed E-state index contributed by atoms with van der Waals surface area (Å²) in [6, 6.07) is 10.8. The molecule has 4 aromatic rings. The van der Waals surface area contributed by atoms with Gasteiger partial charge >= 0.3 is 12.1 Å². The predicted octanol–water partition coefficient (Wildman–Crippen LogP) is 5.15. The summed E-state index contributed by atoms with van der Waals surface area (Å²) in [5, 5.41) is 7.60. The van der Waals surface area contributed by atoms with Crippen LogP contribution < -0.4 is 4.74 Å². The van der Waals surface area contributed by atoms with Gasteiger partial charge in [0.15, 0.2) is 11.5 Å². The molecule has 0 aliphatic carbocycles. The minimum absolute atomic E-state index is 0.0221. The van der Waals surface area contributed by atoms with Gasteiger partial charge in [-0.05, 0) is 42.5 Å². The largest absolute Gasteiger partial charge is 0.497 e. The molecule has 33 heavy (non-hydrogen) atoms. The minimum atomic E-state index is -4.93. The number of alkyl halides is 3. The Morgan fingerprint density at radius 3 is 2.42 bits per heavy atom. The number of nitrogens with zero attached hydrogens (tertiary/aromatic N) is 3. The molecule has 0 aliphatic rings. The zero-order valence-corrected chi connectivity index (χ0v) is 17.2. The highest BCUT2D eigenvalue weighted by molar-refractivity contribution is 6.02. The van der Waals surface area contributed by atoms with E-state index in [1.807, 2.05) is 0 Å².